The topological polar surface area (TPSA) is 20.2 Å². The van der Waals surface area contributed by atoms with Crippen molar-refractivity contribution in [2.24, 2.45) is 0 Å². The van der Waals surface area contributed by atoms with E-state index in [1.54, 1.807) is 11.3 Å². The molecule has 1 N–H and O–H groups in total. The zero-order valence-electron chi connectivity index (χ0n) is 5.87. The van der Waals surface area contributed by atoms with Gasteiger partial charge in [0.1, 0.15) is 0 Å². The third kappa shape index (κ3) is 0.724. The van der Waals surface area contributed by atoms with Crippen LogP contribution < -0.4 is 0 Å². The predicted molar refractivity (Wildman–Crippen MR) is 42.4 cm³/mol. The summed E-state index contributed by atoms with van der Waals surface area (Å²) in [6.07, 6.45) is 0.738. The Labute approximate surface area is 64.3 Å². The van der Waals surface area contributed by atoms with Crippen molar-refractivity contribution < 1.29 is 5.11 Å². The summed E-state index contributed by atoms with van der Waals surface area (Å²) >= 11 is 1.76. The van der Waals surface area contributed by atoms with Crippen LogP contribution in [0.2, 0.25) is 0 Å². The van der Waals surface area contributed by atoms with Crippen LogP contribution in [0.1, 0.15) is 23.3 Å². The summed E-state index contributed by atoms with van der Waals surface area (Å²) in [4.78, 5) is 1.38. The summed E-state index contributed by atoms with van der Waals surface area (Å²) in [6.45, 7) is 2.09. The van der Waals surface area contributed by atoms with Gasteiger partial charge in [0.15, 0.2) is 0 Å². The van der Waals surface area contributed by atoms with E-state index < -0.39 is 0 Å². The lowest BCUT2D eigenvalue weighted by Crippen LogP contribution is -2.09. The van der Waals surface area contributed by atoms with Crippen LogP contribution in [0.25, 0.3) is 0 Å². The Bertz CT molecular complexity index is 241. The lowest BCUT2D eigenvalue weighted by atomic mass is 10.1. The highest BCUT2D eigenvalue weighted by Crippen LogP contribution is 2.36. The first-order chi connectivity index (χ1) is 4.79. The van der Waals surface area contributed by atoms with E-state index in [0.717, 1.165) is 6.42 Å². The van der Waals surface area contributed by atoms with Gasteiger partial charge < -0.3 is 5.11 Å². The molecule has 0 amide bonds. The Kier molecular flexibility index (Phi) is 1.32. The Morgan fingerprint density at radius 3 is 3.20 bits per heavy atom. The van der Waals surface area contributed by atoms with Crippen LogP contribution in [-0.4, -0.2) is 11.2 Å². The molecule has 1 nitrogen and oxygen atoms in total. The van der Waals surface area contributed by atoms with Gasteiger partial charge in [0.2, 0.25) is 0 Å². The molecule has 1 aromatic rings. The fraction of sp³-hybridized carbons (Fsp3) is 0.500. The van der Waals surface area contributed by atoms with Crippen LogP contribution in [0.15, 0.2) is 11.4 Å². The second-order valence-corrected chi connectivity index (χ2v) is 3.82. The fourth-order valence-corrected chi connectivity index (χ4v) is 2.55. The van der Waals surface area contributed by atoms with Crippen molar-refractivity contribution in [1.82, 2.24) is 0 Å². The minimum absolute atomic E-state index is 0.123. The van der Waals surface area contributed by atoms with Gasteiger partial charge in [-0.1, -0.05) is 6.92 Å². The fourth-order valence-electron chi connectivity index (χ4n) is 1.49. The van der Waals surface area contributed by atoms with E-state index in [1.807, 2.05) is 0 Å². The van der Waals surface area contributed by atoms with Gasteiger partial charge in [-0.05, 0) is 17.0 Å². The van der Waals surface area contributed by atoms with Crippen LogP contribution in [0.4, 0.5) is 0 Å². The first-order valence-electron chi connectivity index (χ1n) is 3.53. The van der Waals surface area contributed by atoms with Crippen LogP contribution in [-0.2, 0) is 6.42 Å². The molecule has 1 aliphatic carbocycles. The van der Waals surface area contributed by atoms with Crippen LogP contribution in [0, 0.1) is 0 Å². The molecule has 0 bridgehead atoms. The van der Waals surface area contributed by atoms with Gasteiger partial charge in [0.05, 0.1) is 6.10 Å². The molecule has 0 radical (unpaired) electrons. The average Bonchev–Trinajstić information content (AvgIpc) is 2.41. The number of aliphatic hydroxyl groups is 1. The van der Waals surface area contributed by atoms with Gasteiger partial charge in [-0.2, -0.15) is 0 Å². The Balaban J connectivity index is 2.43. The van der Waals surface area contributed by atoms with Crippen molar-refractivity contribution in [2.75, 3.05) is 0 Å². The van der Waals surface area contributed by atoms with Gasteiger partial charge >= 0.3 is 0 Å². The minimum Gasteiger partial charge on any atom is -0.392 e. The molecule has 0 unspecified atom stereocenters. The summed E-state index contributed by atoms with van der Waals surface area (Å²) in [5, 5.41) is 11.5. The predicted octanol–water partition coefficient (Wildman–Crippen LogP) is 1.77. The van der Waals surface area contributed by atoms with E-state index in [-0.39, 0.29) is 6.10 Å². The monoisotopic (exact) mass is 154 g/mol. The van der Waals surface area contributed by atoms with Crippen molar-refractivity contribution in [3.63, 3.8) is 0 Å². The molecular weight excluding hydrogens is 144 g/mol. The minimum atomic E-state index is -0.123. The molecule has 0 aromatic carbocycles. The van der Waals surface area contributed by atoms with Crippen molar-refractivity contribution in [3.05, 3.63) is 21.9 Å². The Morgan fingerprint density at radius 1 is 1.70 bits per heavy atom. The maximum atomic E-state index is 9.41. The van der Waals surface area contributed by atoms with Crippen LogP contribution in [0.3, 0.4) is 0 Å². The molecule has 0 saturated heterocycles. The van der Waals surface area contributed by atoms with Gasteiger partial charge in [-0.3, -0.25) is 0 Å². The summed E-state index contributed by atoms with van der Waals surface area (Å²) < 4.78 is 0. The van der Waals surface area contributed by atoms with Crippen molar-refractivity contribution >= 4 is 11.3 Å². The molecule has 1 aliphatic rings. The first kappa shape index (κ1) is 6.38. The van der Waals surface area contributed by atoms with E-state index in [1.165, 1.54) is 10.4 Å². The number of aliphatic hydroxyl groups excluding tert-OH is 1. The van der Waals surface area contributed by atoms with Crippen LogP contribution >= 0.6 is 11.3 Å². The third-order valence-corrected chi connectivity index (χ3v) is 3.36. The lowest BCUT2D eigenvalue weighted by Gasteiger charge is -2.06. The standard InChI is InChI=1S/C8H10OS/c1-5-7(9)4-6-2-3-10-8(5)6/h2-3,5,7,9H,4H2,1H3/t5-,7-/m1/s1. The highest BCUT2D eigenvalue weighted by molar-refractivity contribution is 7.10. The maximum Gasteiger partial charge on any atom is 0.0654 e. The molecular formula is C8H10OS. The summed E-state index contributed by atoms with van der Waals surface area (Å²) in [5.41, 5.74) is 1.35. The van der Waals surface area contributed by atoms with E-state index in [4.69, 9.17) is 0 Å². The van der Waals surface area contributed by atoms with Crippen LogP contribution in [0.5, 0.6) is 0 Å². The number of rotatable bonds is 0. The average molecular weight is 154 g/mol. The largest absolute Gasteiger partial charge is 0.392 e. The van der Waals surface area contributed by atoms with Crippen molar-refractivity contribution in [1.29, 1.82) is 0 Å². The highest BCUT2D eigenvalue weighted by atomic mass is 32.1. The molecule has 0 spiro atoms. The molecule has 1 heterocycles. The number of fused-ring (bicyclic) bond motifs is 1. The molecule has 0 saturated carbocycles. The number of thiophene rings is 1. The summed E-state index contributed by atoms with van der Waals surface area (Å²) in [5.74, 6) is 0.370. The quantitative estimate of drug-likeness (QED) is 0.604. The molecule has 0 aliphatic heterocycles. The van der Waals surface area contributed by atoms with Crippen molar-refractivity contribution in [2.45, 2.75) is 25.4 Å². The molecule has 54 valence electrons. The van der Waals surface area contributed by atoms with E-state index >= 15 is 0 Å². The molecule has 2 atom stereocenters. The molecule has 1 aromatic heterocycles. The SMILES string of the molecule is C[C@H]1c2sccc2C[C@H]1O. The molecule has 2 heteroatoms. The Morgan fingerprint density at radius 2 is 2.50 bits per heavy atom. The van der Waals surface area contributed by atoms with Gasteiger partial charge in [0, 0.05) is 17.2 Å². The summed E-state index contributed by atoms with van der Waals surface area (Å²) in [7, 11) is 0. The van der Waals surface area contributed by atoms with E-state index in [9.17, 15) is 5.11 Å². The second kappa shape index (κ2) is 2.07. The van der Waals surface area contributed by atoms with Gasteiger partial charge in [-0.15, -0.1) is 11.3 Å². The molecule has 10 heavy (non-hydrogen) atoms. The molecule has 0 fully saturated rings. The highest BCUT2D eigenvalue weighted by Gasteiger charge is 2.27. The van der Waals surface area contributed by atoms with E-state index in [0.29, 0.717) is 5.92 Å². The van der Waals surface area contributed by atoms with Crippen molar-refractivity contribution in [3.8, 4) is 0 Å². The van der Waals surface area contributed by atoms with Gasteiger partial charge in [0.25, 0.3) is 0 Å². The van der Waals surface area contributed by atoms with E-state index in [2.05, 4.69) is 18.4 Å². The maximum absolute atomic E-state index is 9.41. The lowest BCUT2D eigenvalue weighted by molar-refractivity contribution is 0.163. The Hall–Kier alpha value is -0.340. The zero-order chi connectivity index (χ0) is 7.14. The summed E-state index contributed by atoms with van der Waals surface area (Å²) in [6, 6.07) is 2.12. The number of hydrogen-bond acceptors (Lipinski definition) is 2. The normalized spacial score (nSPS) is 30.6. The second-order valence-electron chi connectivity index (χ2n) is 2.87. The van der Waals surface area contributed by atoms with Gasteiger partial charge in [-0.25, -0.2) is 0 Å². The molecule has 2 rings (SSSR count). The smallest absolute Gasteiger partial charge is 0.0654 e. The first-order valence-corrected chi connectivity index (χ1v) is 4.41. The zero-order valence-corrected chi connectivity index (χ0v) is 6.69. The number of hydrogen-bond donors (Lipinski definition) is 1. The third-order valence-electron chi connectivity index (χ3n) is 2.20.